The van der Waals surface area contributed by atoms with Gasteiger partial charge in [-0.05, 0) is 0 Å². The normalized spacial score (nSPS) is 16.2. The van der Waals surface area contributed by atoms with E-state index in [2.05, 4.69) is 56.4 Å². The molecule has 0 aromatic heterocycles. The van der Waals surface area contributed by atoms with Gasteiger partial charge in [-0.3, -0.25) is 0 Å². The van der Waals surface area contributed by atoms with Crippen molar-refractivity contribution in [1.82, 2.24) is 5.32 Å². The molecule has 0 spiro atoms. The predicted molar refractivity (Wildman–Crippen MR) is 102 cm³/mol. The molecule has 1 N–H and O–H groups in total. The van der Waals surface area contributed by atoms with Gasteiger partial charge in [0.05, 0.1) is 0 Å². The number of rotatable bonds is 5. The maximum atomic E-state index is 6.03. The topological polar surface area (TPSA) is 21.3 Å². The zero-order chi connectivity index (χ0) is 18.0. The second-order valence-corrected chi connectivity index (χ2v) is 10.5. The number of alkyl halides is 1. The molecule has 3 rings (SSSR count). The molecule has 2 aromatic carbocycles. The Bertz CT molecular complexity index is 785. The molecule has 0 radical (unpaired) electrons. The van der Waals surface area contributed by atoms with Crippen LogP contribution in [0.25, 0.3) is 16.8 Å². The molecule has 1 aliphatic heterocycles. The number of benzene rings is 2. The molecular weight excluding hydrogens is 445 g/mol. The Morgan fingerprint density at radius 1 is 1.16 bits per heavy atom. The van der Waals surface area contributed by atoms with E-state index < -0.39 is 0 Å². The summed E-state index contributed by atoms with van der Waals surface area (Å²) >= 11 is 6.28. The van der Waals surface area contributed by atoms with Crippen molar-refractivity contribution in [2.24, 2.45) is 0 Å². The average Bonchev–Trinajstić information content (AvgIpc) is 3.38. The van der Waals surface area contributed by atoms with Crippen molar-refractivity contribution in [3.05, 3.63) is 62.2 Å². The molecule has 25 heavy (non-hydrogen) atoms. The van der Waals surface area contributed by atoms with Crippen LogP contribution in [-0.4, -0.2) is 17.1 Å². The first kappa shape index (κ1) is 18.7. The second kappa shape index (κ2) is 7.68. The van der Waals surface area contributed by atoms with Crippen LogP contribution in [0.4, 0.5) is 0 Å². The molecule has 0 unspecified atom stereocenters. The predicted octanol–water partition coefficient (Wildman–Crippen LogP) is 2.31. The molecule has 4 heteroatoms. The summed E-state index contributed by atoms with van der Waals surface area (Å²) in [5, 5.41) is 4.48. The molecule has 0 aliphatic carbocycles. The van der Waals surface area contributed by atoms with Gasteiger partial charge in [0.1, 0.15) is 0 Å². The van der Waals surface area contributed by atoms with Crippen LogP contribution in [0.3, 0.4) is 0 Å². The number of methoxy groups -OCH3 is 1. The SMILES string of the molecule is COCc1cc(/C(NC(C)(C)C)=C2\C[I-]2)ccc1-c1ccc(Cl)cc1. The zero-order valence-corrected chi connectivity index (χ0v) is 18.0. The van der Waals surface area contributed by atoms with Crippen LogP contribution >= 0.6 is 11.6 Å². The molecule has 1 fully saturated rings. The molecule has 2 aromatic rings. The third kappa shape index (κ3) is 4.99. The Kier molecular flexibility index (Phi) is 5.76. The van der Waals surface area contributed by atoms with E-state index in [0.29, 0.717) is 6.61 Å². The van der Waals surface area contributed by atoms with Crippen LogP contribution in [-0.2, 0) is 11.3 Å². The van der Waals surface area contributed by atoms with Crippen molar-refractivity contribution in [1.29, 1.82) is 0 Å². The molecule has 0 atom stereocenters. The van der Waals surface area contributed by atoms with Gasteiger partial charge in [0.25, 0.3) is 0 Å². The van der Waals surface area contributed by atoms with Crippen molar-refractivity contribution >= 4 is 17.3 Å². The van der Waals surface area contributed by atoms with Crippen molar-refractivity contribution in [3.63, 3.8) is 0 Å². The Balaban J connectivity index is 2.01. The minimum atomic E-state index is 0.0605. The average molecular weight is 469 g/mol. The number of nitrogens with one attached hydrogen (secondary N) is 1. The van der Waals surface area contributed by atoms with Gasteiger partial charge in [0, 0.05) is 0 Å². The first-order chi connectivity index (χ1) is 11.9. The Morgan fingerprint density at radius 3 is 2.40 bits per heavy atom. The Morgan fingerprint density at radius 2 is 1.84 bits per heavy atom. The number of halogens is 2. The zero-order valence-electron chi connectivity index (χ0n) is 15.1. The Labute approximate surface area is 165 Å². The first-order valence-corrected chi connectivity index (χ1v) is 11.3. The van der Waals surface area contributed by atoms with E-state index in [-0.39, 0.29) is 26.7 Å². The van der Waals surface area contributed by atoms with Crippen LogP contribution in [0.2, 0.25) is 5.02 Å². The molecule has 1 heterocycles. The summed E-state index contributed by atoms with van der Waals surface area (Å²) in [6, 6.07) is 14.7. The second-order valence-electron chi connectivity index (χ2n) is 7.23. The van der Waals surface area contributed by atoms with Crippen LogP contribution < -0.4 is 26.5 Å². The van der Waals surface area contributed by atoms with Gasteiger partial charge >= 0.3 is 166 Å². The number of allylic oxidation sites excluding steroid dienone is 1. The van der Waals surface area contributed by atoms with Crippen molar-refractivity contribution < 1.29 is 25.9 Å². The van der Waals surface area contributed by atoms with E-state index in [9.17, 15) is 0 Å². The summed E-state index contributed by atoms with van der Waals surface area (Å²) in [6.45, 7) is 7.24. The van der Waals surface area contributed by atoms with Crippen molar-refractivity contribution in [2.75, 3.05) is 11.5 Å². The van der Waals surface area contributed by atoms with Crippen LogP contribution in [0.15, 0.2) is 46.0 Å². The fourth-order valence-corrected chi connectivity index (χ4v) is 4.30. The minimum absolute atomic E-state index is 0.0605. The van der Waals surface area contributed by atoms with E-state index in [1.54, 1.807) is 10.7 Å². The van der Waals surface area contributed by atoms with Gasteiger partial charge in [-0.2, -0.15) is 0 Å². The third-order valence-corrected chi connectivity index (χ3v) is 6.20. The fraction of sp³-hybridized carbons (Fsp3) is 0.333. The molecular formula is C21H24ClINO-. The number of hydrogen-bond acceptors (Lipinski definition) is 2. The number of hydrogen-bond donors (Lipinski definition) is 1. The van der Waals surface area contributed by atoms with Crippen LogP contribution in [0, 0.1) is 0 Å². The Hall–Kier alpha value is -1.04. The van der Waals surface area contributed by atoms with E-state index in [4.69, 9.17) is 16.3 Å². The summed E-state index contributed by atoms with van der Waals surface area (Å²) in [6.07, 6.45) is 0. The van der Waals surface area contributed by atoms with E-state index in [1.807, 2.05) is 12.1 Å². The third-order valence-electron chi connectivity index (χ3n) is 3.89. The molecule has 0 saturated carbocycles. The van der Waals surface area contributed by atoms with Crippen molar-refractivity contribution in [3.8, 4) is 11.1 Å². The monoisotopic (exact) mass is 468 g/mol. The molecule has 0 bridgehead atoms. The van der Waals surface area contributed by atoms with E-state index in [1.165, 1.54) is 32.4 Å². The maximum absolute atomic E-state index is 6.03. The summed E-state index contributed by atoms with van der Waals surface area (Å²) in [5.41, 5.74) is 6.24. The van der Waals surface area contributed by atoms with Gasteiger partial charge in [-0.15, -0.1) is 0 Å². The van der Waals surface area contributed by atoms with Crippen LogP contribution in [0.1, 0.15) is 31.9 Å². The van der Waals surface area contributed by atoms with Crippen LogP contribution in [0.5, 0.6) is 0 Å². The summed E-state index contributed by atoms with van der Waals surface area (Å²) in [7, 11) is 1.75. The molecule has 134 valence electrons. The molecule has 2 nitrogen and oxygen atoms in total. The molecule has 1 aliphatic rings. The molecule has 1 saturated heterocycles. The van der Waals surface area contributed by atoms with Gasteiger partial charge in [0.2, 0.25) is 0 Å². The van der Waals surface area contributed by atoms with Gasteiger partial charge in [0.15, 0.2) is 0 Å². The first-order valence-electron chi connectivity index (χ1n) is 8.36. The van der Waals surface area contributed by atoms with E-state index in [0.717, 1.165) is 5.02 Å². The summed E-state index contributed by atoms with van der Waals surface area (Å²) < 4.78 is 8.39. The summed E-state index contributed by atoms with van der Waals surface area (Å²) in [5.74, 6) is 0. The molecule has 0 amide bonds. The van der Waals surface area contributed by atoms with Gasteiger partial charge in [-0.1, -0.05) is 0 Å². The van der Waals surface area contributed by atoms with Crippen molar-refractivity contribution in [2.45, 2.75) is 32.9 Å². The quantitative estimate of drug-likeness (QED) is 0.537. The summed E-state index contributed by atoms with van der Waals surface area (Å²) in [4.78, 5) is 0. The fourth-order valence-electron chi connectivity index (χ4n) is 2.77. The standard InChI is InChI=1S/C21H24ClINO/c1-21(2,3)24-20(19-12-23-19)15-7-10-18(16(11-15)13-25-4)14-5-8-17(22)9-6-14/h5-11,24H,12-13H2,1-4H3/q-1/b20-19-. The van der Waals surface area contributed by atoms with Gasteiger partial charge in [-0.25, -0.2) is 0 Å². The van der Waals surface area contributed by atoms with E-state index >= 15 is 0 Å². The number of ether oxygens (including phenoxy) is 1. The van der Waals surface area contributed by atoms with Gasteiger partial charge < -0.3 is 0 Å².